The largest absolute Gasteiger partial charge is 1.00 e. The fraction of sp³-hybridized carbons (Fsp3) is 0.200. The predicted molar refractivity (Wildman–Crippen MR) is 80.1 cm³/mol. The Morgan fingerprint density at radius 2 is 1.95 bits per heavy atom. The van der Waals surface area contributed by atoms with Crippen LogP contribution in [-0.2, 0) is 23.2 Å². The van der Waals surface area contributed by atoms with Crippen LogP contribution in [0.2, 0.25) is 0 Å². The molecule has 1 unspecified atom stereocenters. The zero-order valence-electron chi connectivity index (χ0n) is 10.8. The summed E-state index contributed by atoms with van der Waals surface area (Å²) in [6, 6.07) is 4.45. The van der Waals surface area contributed by atoms with Gasteiger partial charge < -0.3 is 24.8 Å². The Bertz CT molecular complexity index is 606. The topological polar surface area (TPSA) is 0 Å². The quantitative estimate of drug-likeness (QED) is 0.505. The van der Waals surface area contributed by atoms with Gasteiger partial charge >= 0.3 is 137 Å². The summed E-state index contributed by atoms with van der Waals surface area (Å²) < 4.78 is 4.81. The molecule has 0 radical (unpaired) electrons. The van der Waals surface area contributed by atoms with Gasteiger partial charge in [0.1, 0.15) is 0 Å². The summed E-state index contributed by atoms with van der Waals surface area (Å²) in [7, 11) is 0. The second-order valence-electron chi connectivity index (χ2n) is 4.68. The van der Waals surface area contributed by atoms with E-state index in [0.29, 0.717) is 3.63 Å². The standard InChI is InChI=1S/C10H7Br2.C5H5.2ClH.Zr/c1-6-2-7-4-8(11)5-10(12)9(7)3-6;1-2-4-5-3-1;;;/h2-5H,1H3;1-3H,4H2;2*1H;/q;;;;+2/p-2. The molecular formula is C15H12Br2Cl2Zr. The van der Waals surface area contributed by atoms with Crippen molar-refractivity contribution in [2.45, 2.75) is 17.0 Å². The Hall–Kier alpha value is 0.863. The summed E-state index contributed by atoms with van der Waals surface area (Å²) in [6.45, 7) is 2.29. The number of hydrogen-bond acceptors (Lipinski definition) is 0. The van der Waals surface area contributed by atoms with Gasteiger partial charge in [0.2, 0.25) is 0 Å². The van der Waals surface area contributed by atoms with Crippen molar-refractivity contribution in [3.8, 4) is 0 Å². The molecule has 0 spiro atoms. The molecule has 0 bridgehead atoms. The van der Waals surface area contributed by atoms with Crippen LogP contribution in [-0.4, -0.2) is 0 Å². The minimum Gasteiger partial charge on any atom is -1.00 e. The maximum atomic E-state index is 3.68. The van der Waals surface area contributed by atoms with Crippen molar-refractivity contribution in [3.05, 3.63) is 59.3 Å². The fourth-order valence-corrected chi connectivity index (χ4v) is 7.55. The van der Waals surface area contributed by atoms with Gasteiger partial charge in [0, 0.05) is 0 Å². The van der Waals surface area contributed by atoms with E-state index in [1.54, 1.807) is 8.85 Å². The maximum absolute atomic E-state index is 3.68. The number of fused-ring (bicyclic) bond motifs is 1. The summed E-state index contributed by atoms with van der Waals surface area (Å²) in [5.41, 5.74) is 4.46. The SMILES string of the molecule is CC1=Cc2c(Br)cc(Br)cc2[CH]1[Zr+2][C]1=CC=CC1.[Cl-].[Cl-]. The monoisotopic (exact) mass is 510 g/mol. The van der Waals surface area contributed by atoms with Crippen LogP contribution in [0.5, 0.6) is 0 Å². The van der Waals surface area contributed by atoms with Gasteiger partial charge in [0.05, 0.1) is 0 Å². The molecule has 0 saturated carbocycles. The third-order valence-electron chi connectivity index (χ3n) is 3.37. The molecule has 1 atom stereocenters. The van der Waals surface area contributed by atoms with Crippen LogP contribution in [0.25, 0.3) is 6.08 Å². The first-order valence-corrected chi connectivity index (χ1v) is 10.2. The van der Waals surface area contributed by atoms with Gasteiger partial charge in [-0.25, -0.2) is 0 Å². The third kappa shape index (κ3) is 3.79. The first kappa shape index (κ1) is 18.9. The summed E-state index contributed by atoms with van der Waals surface area (Å²) in [4.78, 5) is 0. The van der Waals surface area contributed by atoms with Gasteiger partial charge in [-0.2, -0.15) is 0 Å². The summed E-state index contributed by atoms with van der Waals surface area (Å²) in [5.74, 6) is 0. The molecule has 0 fully saturated rings. The first-order chi connectivity index (χ1) is 8.65. The molecule has 2 aliphatic rings. The van der Waals surface area contributed by atoms with Gasteiger partial charge in [0.25, 0.3) is 0 Å². The molecule has 0 N–H and O–H groups in total. The van der Waals surface area contributed by atoms with E-state index < -0.39 is 23.2 Å². The first-order valence-electron chi connectivity index (χ1n) is 5.94. The van der Waals surface area contributed by atoms with Crippen molar-refractivity contribution in [1.29, 1.82) is 0 Å². The van der Waals surface area contributed by atoms with Crippen molar-refractivity contribution in [3.63, 3.8) is 0 Å². The molecule has 0 nitrogen and oxygen atoms in total. The van der Waals surface area contributed by atoms with E-state index in [2.05, 4.69) is 75.2 Å². The third-order valence-corrected chi connectivity index (χ3v) is 8.90. The molecule has 3 rings (SSSR count). The normalized spacial score (nSPS) is 18.4. The van der Waals surface area contributed by atoms with E-state index >= 15 is 0 Å². The van der Waals surface area contributed by atoms with Gasteiger partial charge in [-0.15, -0.1) is 0 Å². The van der Waals surface area contributed by atoms with E-state index in [0.717, 1.165) is 0 Å². The van der Waals surface area contributed by atoms with Gasteiger partial charge in [0.15, 0.2) is 0 Å². The average Bonchev–Trinajstić information content (AvgIpc) is 2.91. The average molecular weight is 514 g/mol. The van der Waals surface area contributed by atoms with Crippen LogP contribution in [0.1, 0.15) is 28.1 Å². The maximum Gasteiger partial charge on any atom is -1.00 e. The minimum atomic E-state index is -0.544. The van der Waals surface area contributed by atoms with Crippen molar-refractivity contribution in [2.24, 2.45) is 0 Å². The number of halogens is 4. The van der Waals surface area contributed by atoms with Gasteiger partial charge in [-0.1, -0.05) is 0 Å². The number of hydrogen-bond donors (Lipinski definition) is 0. The van der Waals surface area contributed by atoms with E-state index in [9.17, 15) is 0 Å². The predicted octanol–water partition coefficient (Wildman–Crippen LogP) is -0.396. The van der Waals surface area contributed by atoms with Crippen molar-refractivity contribution < 1.29 is 48.0 Å². The molecule has 1 aromatic rings. The van der Waals surface area contributed by atoms with Crippen LogP contribution in [0.4, 0.5) is 0 Å². The molecule has 104 valence electrons. The summed E-state index contributed by atoms with van der Waals surface area (Å²) >= 11 is 6.75. The molecule has 1 aromatic carbocycles. The molecule has 0 aliphatic heterocycles. The zero-order valence-corrected chi connectivity index (χ0v) is 17.9. The molecule has 5 heteroatoms. The van der Waals surface area contributed by atoms with Crippen molar-refractivity contribution in [1.82, 2.24) is 0 Å². The number of benzene rings is 1. The molecular weight excluding hydrogens is 502 g/mol. The Morgan fingerprint density at radius 1 is 1.20 bits per heavy atom. The van der Waals surface area contributed by atoms with E-state index in [1.807, 2.05) is 0 Å². The molecule has 20 heavy (non-hydrogen) atoms. The van der Waals surface area contributed by atoms with Crippen LogP contribution in [0, 0.1) is 0 Å². The Labute approximate surface area is 160 Å². The van der Waals surface area contributed by atoms with Crippen LogP contribution in [0.3, 0.4) is 0 Å². The van der Waals surface area contributed by atoms with Crippen molar-refractivity contribution in [2.75, 3.05) is 0 Å². The molecule has 0 heterocycles. The smallest absolute Gasteiger partial charge is 1.00 e. The van der Waals surface area contributed by atoms with Crippen LogP contribution in [0.15, 0.2) is 48.2 Å². The summed E-state index contributed by atoms with van der Waals surface area (Å²) in [5, 5.41) is 0. The van der Waals surface area contributed by atoms with Crippen LogP contribution < -0.4 is 24.8 Å². The second-order valence-corrected chi connectivity index (χ2v) is 10.2. The van der Waals surface area contributed by atoms with Crippen LogP contribution >= 0.6 is 31.9 Å². The molecule has 0 aromatic heterocycles. The Kier molecular flexibility index (Phi) is 7.49. The Morgan fingerprint density at radius 3 is 2.60 bits per heavy atom. The zero-order chi connectivity index (χ0) is 12.7. The van der Waals surface area contributed by atoms with E-state index in [-0.39, 0.29) is 24.8 Å². The van der Waals surface area contributed by atoms with Crippen molar-refractivity contribution >= 4 is 37.9 Å². The molecule has 2 aliphatic carbocycles. The summed E-state index contributed by atoms with van der Waals surface area (Å²) in [6.07, 6.45) is 10.4. The number of allylic oxidation sites excluding steroid dienone is 5. The van der Waals surface area contributed by atoms with Gasteiger partial charge in [-0.3, -0.25) is 0 Å². The molecule has 0 saturated heterocycles. The molecule has 0 amide bonds. The van der Waals surface area contributed by atoms with E-state index in [4.69, 9.17) is 0 Å². The van der Waals surface area contributed by atoms with Gasteiger partial charge in [-0.05, 0) is 0 Å². The van der Waals surface area contributed by atoms with E-state index in [1.165, 1.54) is 26.5 Å². The fourth-order valence-electron chi connectivity index (χ4n) is 2.48. The minimum absolute atomic E-state index is 0. The Balaban J connectivity index is 0.000001000. The second kappa shape index (κ2) is 7.93. The number of rotatable bonds is 2.